The van der Waals surface area contributed by atoms with Crippen molar-refractivity contribution in [2.75, 3.05) is 17.6 Å². The van der Waals surface area contributed by atoms with Gasteiger partial charge in [-0.2, -0.15) is 4.98 Å². The van der Waals surface area contributed by atoms with Crippen molar-refractivity contribution in [1.29, 1.82) is 0 Å². The molecule has 4 aromatic rings. The number of anilines is 1. The fraction of sp³-hybridized carbons (Fsp3) is 0.222. The van der Waals surface area contributed by atoms with Crippen molar-refractivity contribution in [1.82, 2.24) is 15.0 Å². The lowest BCUT2D eigenvalue weighted by Crippen LogP contribution is -2.30. The van der Waals surface area contributed by atoms with Gasteiger partial charge in [0.1, 0.15) is 0 Å². The molecule has 0 bridgehead atoms. The lowest BCUT2D eigenvalue weighted by atomic mass is 10.1. The molecule has 0 aliphatic carbocycles. The maximum absolute atomic E-state index is 13.0. The minimum absolute atomic E-state index is 0.162. The molecule has 4 rings (SSSR count). The van der Waals surface area contributed by atoms with E-state index in [2.05, 4.69) is 10.1 Å². The van der Waals surface area contributed by atoms with E-state index < -0.39 is 10.0 Å². The van der Waals surface area contributed by atoms with Crippen LogP contribution in [-0.2, 0) is 23.1 Å². The lowest BCUT2D eigenvalue weighted by molar-refractivity contribution is 0.0769. The van der Waals surface area contributed by atoms with Gasteiger partial charge in [-0.25, -0.2) is 8.42 Å². The smallest absolute Gasteiger partial charge is 0.254 e. The average molecular weight is 505 g/mol. The number of aromatic nitrogens is 2. The Labute approximate surface area is 211 Å². The SMILES string of the molecule is Cc1cccc(C)c1N(Cc1ccc(C(=O)N(C)Cc2nc(-c3ccccc3)no2)cc1)S(C)(=O)=O. The molecule has 1 heterocycles. The van der Waals surface area contributed by atoms with Crippen molar-refractivity contribution in [2.45, 2.75) is 26.9 Å². The number of carbonyl (C=O) groups is 1. The maximum Gasteiger partial charge on any atom is 0.254 e. The topological polar surface area (TPSA) is 96.6 Å². The molecule has 186 valence electrons. The lowest BCUT2D eigenvalue weighted by Gasteiger charge is -2.26. The van der Waals surface area contributed by atoms with E-state index in [1.165, 1.54) is 15.5 Å². The van der Waals surface area contributed by atoms with Gasteiger partial charge in [0, 0.05) is 18.2 Å². The number of nitrogens with zero attached hydrogens (tertiary/aromatic N) is 4. The molecule has 0 saturated heterocycles. The molecule has 0 spiro atoms. The number of hydrogen-bond donors (Lipinski definition) is 0. The van der Waals surface area contributed by atoms with Crippen LogP contribution in [0.25, 0.3) is 11.4 Å². The van der Waals surface area contributed by atoms with Gasteiger partial charge in [0.2, 0.25) is 21.7 Å². The van der Waals surface area contributed by atoms with Gasteiger partial charge >= 0.3 is 0 Å². The Balaban J connectivity index is 1.47. The molecule has 0 aliphatic rings. The Hall–Kier alpha value is -3.98. The summed E-state index contributed by atoms with van der Waals surface area (Å²) >= 11 is 0. The first-order valence-corrected chi connectivity index (χ1v) is 13.2. The predicted octanol–water partition coefficient (Wildman–Crippen LogP) is 4.59. The van der Waals surface area contributed by atoms with Gasteiger partial charge in [0.05, 0.1) is 25.0 Å². The predicted molar refractivity (Wildman–Crippen MR) is 139 cm³/mol. The Morgan fingerprint density at radius 3 is 2.14 bits per heavy atom. The zero-order chi connectivity index (χ0) is 25.9. The average Bonchev–Trinajstić information content (AvgIpc) is 3.31. The van der Waals surface area contributed by atoms with Crippen molar-refractivity contribution in [3.63, 3.8) is 0 Å². The van der Waals surface area contributed by atoms with Gasteiger partial charge in [-0.15, -0.1) is 0 Å². The first kappa shape index (κ1) is 25.1. The highest BCUT2D eigenvalue weighted by Crippen LogP contribution is 2.28. The molecular formula is C27H28N4O4S. The Morgan fingerprint density at radius 2 is 1.53 bits per heavy atom. The van der Waals surface area contributed by atoms with Gasteiger partial charge in [-0.05, 0) is 42.7 Å². The molecule has 9 heteroatoms. The summed E-state index contributed by atoms with van der Waals surface area (Å²) in [5, 5.41) is 3.99. The van der Waals surface area contributed by atoms with E-state index in [4.69, 9.17) is 4.52 Å². The van der Waals surface area contributed by atoms with E-state index in [0.717, 1.165) is 22.3 Å². The second-order valence-electron chi connectivity index (χ2n) is 8.75. The summed E-state index contributed by atoms with van der Waals surface area (Å²) in [7, 11) is -1.86. The van der Waals surface area contributed by atoms with E-state index in [1.54, 1.807) is 31.3 Å². The zero-order valence-corrected chi connectivity index (χ0v) is 21.5. The third kappa shape index (κ3) is 5.63. The minimum atomic E-state index is -3.52. The molecule has 0 radical (unpaired) electrons. The number of benzene rings is 3. The van der Waals surface area contributed by atoms with Crippen LogP contribution in [0, 0.1) is 13.8 Å². The molecule has 1 aromatic heterocycles. The Morgan fingerprint density at radius 1 is 0.889 bits per heavy atom. The standard InChI is InChI=1S/C27H28N4O4S/c1-19-9-8-10-20(2)25(19)31(36(4,33)34)17-21-13-15-23(16-14-21)27(32)30(3)18-24-28-26(29-35-24)22-11-6-5-7-12-22/h5-16H,17-18H2,1-4H3. The van der Waals surface area contributed by atoms with Crippen molar-refractivity contribution in [2.24, 2.45) is 0 Å². The molecule has 0 saturated carbocycles. The minimum Gasteiger partial charge on any atom is -0.337 e. The Kier molecular flexibility index (Phi) is 7.21. The first-order valence-electron chi connectivity index (χ1n) is 11.4. The van der Waals surface area contributed by atoms with Crippen molar-refractivity contribution < 1.29 is 17.7 Å². The molecule has 1 amide bonds. The van der Waals surface area contributed by atoms with E-state index in [9.17, 15) is 13.2 Å². The third-order valence-electron chi connectivity index (χ3n) is 5.84. The molecular weight excluding hydrogens is 476 g/mol. The molecule has 0 unspecified atom stereocenters. The van der Waals surface area contributed by atoms with Crippen LogP contribution in [0.2, 0.25) is 0 Å². The van der Waals surface area contributed by atoms with Crippen LogP contribution in [0.3, 0.4) is 0 Å². The molecule has 3 aromatic carbocycles. The van der Waals surface area contributed by atoms with Crippen LogP contribution < -0.4 is 4.31 Å². The fourth-order valence-corrected chi connectivity index (χ4v) is 5.00. The molecule has 0 N–H and O–H groups in total. The molecule has 0 atom stereocenters. The number of carbonyl (C=O) groups excluding carboxylic acids is 1. The summed E-state index contributed by atoms with van der Waals surface area (Å²) in [6, 6.07) is 22.1. The van der Waals surface area contributed by atoms with Crippen LogP contribution in [0.1, 0.15) is 32.9 Å². The van der Waals surface area contributed by atoms with Crippen LogP contribution in [0.4, 0.5) is 5.69 Å². The van der Waals surface area contributed by atoms with Crippen molar-refractivity contribution >= 4 is 21.6 Å². The van der Waals surface area contributed by atoms with E-state index >= 15 is 0 Å². The fourth-order valence-electron chi connectivity index (χ4n) is 4.00. The van der Waals surface area contributed by atoms with Crippen LogP contribution in [0.5, 0.6) is 0 Å². The number of aryl methyl sites for hydroxylation is 2. The molecule has 0 fully saturated rings. The van der Waals surface area contributed by atoms with Gasteiger partial charge in [0.15, 0.2) is 0 Å². The zero-order valence-electron chi connectivity index (χ0n) is 20.7. The molecule has 36 heavy (non-hydrogen) atoms. The largest absolute Gasteiger partial charge is 0.337 e. The normalized spacial score (nSPS) is 11.3. The Bertz CT molecular complexity index is 1450. The molecule has 0 aliphatic heterocycles. The van der Waals surface area contributed by atoms with Crippen LogP contribution in [0.15, 0.2) is 77.3 Å². The van der Waals surface area contributed by atoms with E-state index in [1.807, 2.05) is 62.4 Å². The van der Waals surface area contributed by atoms with Gasteiger partial charge in [0.25, 0.3) is 5.91 Å². The quantitative estimate of drug-likeness (QED) is 0.348. The summed E-state index contributed by atoms with van der Waals surface area (Å²) in [5.74, 6) is 0.588. The summed E-state index contributed by atoms with van der Waals surface area (Å²) < 4.78 is 32.0. The summed E-state index contributed by atoms with van der Waals surface area (Å²) in [4.78, 5) is 18.8. The maximum atomic E-state index is 13.0. The number of amides is 1. The second kappa shape index (κ2) is 10.3. The highest BCUT2D eigenvalue weighted by atomic mass is 32.2. The van der Waals surface area contributed by atoms with Crippen molar-refractivity contribution in [3.05, 3.63) is 101 Å². The van der Waals surface area contributed by atoms with Gasteiger partial charge in [-0.3, -0.25) is 9.10 Å². The van der Waals surface area contributed by atoms with Crippen molar-refractivity contribution in [3.8, 4) is 11.4 Å². The number of rotatable bonds is 8. The van der Waals surface area contributed by atoms with E-state index in [0.29, 0.717) is 23.0 Å². The summed E-state index contributed by atoms with van der Waals surface area (Å²) in [5.41, 5.74) is 4.51. The molecule has 8 nitrogen and oxygen atoms in total. The van der Waals surface area contributed by atoms with Gasteiger partial charge in [-0.1, -0.05) is 65.8 Å². The number of para-hydroxylation sites is 1. The number of sulfonamides is 1. The summed E-state index contributed by atoms with van der Waals surface area (Å²) in [6.45, 7) is 4.11. The monoisotopic (exact) mass is 504 g/mol. The van der Waals surface area contributed by atoms with Crippen LogP contribution in [-0.4, -0.2) is 42.7 Å². The highest BCUT2D eigenvalue weighted by Gasteiger charge is 2.22. The highest BCUT2D eigenvalue weighted by molar-refractivity contribution is 7.92. The van der Waals surface area contributed by atoms with Crippen LogP contribution >= 0.6 is 0 Å². The summed E-state index contributed by atoms with van der Waals surface area (Å²) in [6.07, 6.45) is 1.20. The third-order valence-corrected chi connectivity index (χ3v) is 6.95. The second-order valence-corrected chi connectivity index (χ2v) is 10.7. The first-order chi connectivity index (χ1) is 17.1. The van der Waals surface area contributed by atoms with E-state index in [-0.39, 0.29) is 19.0 Å². The number of hydrogen-bond acceptors (Lipinski definition) is 6. The van der Waals surface area contributed by atoms with Gasteiger partial charge < -0.3 is 9.42 Å².